The molecule has 1 rings (SSSR count). The predicted molar refractivity (Wildman–Crippen MR) is 57.1 cm³/mol. The van der Waals surface area contributed by atoms with E-state index in [0.29, 0.717) is 12.3 Å². The summed E-state index contributed by atoms with van der Waals surface area (Å²) in [6, 6.07) is 0. The molecule has 6 heteroatoms. The van der Waals surface area contributed by atoms with E-state index in [1.807, 2.05) is 0 Å². The van der Waals surface area contributed by atoms with E-state index in [-0.39, 0.29) is 11.0 Å². The number of carbonyl (C=O) groups is 1. The van der Waals surface area contributed by atoms with Crippen molar-refractivity contribution < 1.29 is 9.53 Å². The van der Waals surface area contributed by atoms with Gasteiger partial charge in [-0.2, -0.15) is 0 Å². The van der Waals surface area contributed by atoms with Crippen molar-refractivity contribution in [3.05, 3.63) is 23.1 Å². The van der Waals surface area contributed by atoms with Crippen molar-refractivity contribution in [3.8, 4) is 0 Å². The molecule has 2 N–H and O–H groups in total. The van der Waals surface area contributed by atoms with Gasteiger partial charge in [-0.15, -0.1) is 0 Å². The Labute approximate surface area is 91.9 Å². The second-order valence-electron chi connectivity index (χ2n) is 2.56. The first kappa shape index (κ1) is 11.5. The number of hydrogen-bond donors (Lipinski definition) is 1. The minimum Gasteiger partial charge on any atom is -0.463 e. The maximum Gasteiger partial charge on any atom is 0.330 e. The van der Waals surface area contributed by atoms with Crippen LogP contribution in [0.15, 0.2) is 12.3 Å². The molecule has 0 unspecified atom stereocenters. The summed E-state index contributed by atoms with van der Waals surface area (Å²) in [5, 5.41) is 0.149. The van der Waals surface area contributed by atoms with Crippen LogP contribution in [0.5, 0.6) is 0 Å². The summed E-state index contributed by atoms with van der Waals surface area (Å²) in [6.07, 6.45) is 4.01. The van der Waals surface area contributed by atoms with E-state index in [0.717, 1.165) is 0 Å². The van der Waals surface area contributed by atoms with Gasteiger partial charge >= 0.3 is 5.97 Å². The zero-order valence-corrected chi connectivity index (χ0v) is 8.86. The fourth-order valence-electron chi connectivity index (χ4n) is 0.838. The maximum atomic E-state index is 11.0. The Morgan fingerprint density at radius 3 is 3.07 bits per heavy atom. The molecule has 0 fully saturated rings. The summed E-state index contributed by atoms with van der Waals surface area (Å²) in [5.74, 6) is -0.222. The van der Waals surface area contributed by atoms with E-state index in [1.54, 1.807) is 6.92 Å². The second kappa shape index (κ2) is 5.31. The van der Waals surface area contributed by atoms with Crippen molar-refractivity contribution in [1.29, 1.82) is 0 Å². The van der Waals surface area contributed by atoms with Crippen LogP contribution in [-0.4, -0.2) is 22.5 Å². The number of esters is 1. The molecule has 0 aliphatic heterocycles. The van der Waals surface area contributed by atoms with Crippen LogP contribution in [0.3, 0.4) is 0 Å². The summed E-state index contributed by atoms with van der Waals surface area (Å²) in [4.78, 5) is 18.6. The van der Waals surface area contributed by atoms with Crippen molar-refractivity contribution in [1.82, 2.24) is 9.97 Å². The molecular weight excluding hydrogens is 218 g/mol. The summed E-state index contributed by atoms with van der Waals surface area (Å²) in [6.45, 7) is 2.05. The van der Waals surface area contributed by atoms with E-state index < -0.39 is 5.97 Å². The number of nitrogens with zero attached hydrogens (tertiary/aromatic N) is 2. The molecule has 15 heavy (non-hydrogen) atoms. The van der Waals surface area contributed by atoms with E-state index in [4.69, 9.17) is 17.3 Å². The molecule has 1 heterocycles. The lowest BCUT2D eigenvalue weighted by Crippen LogP contribution is -1.99. The highest BCUT2D eigenvalue weighted by Gasteiger charge is 2.01. The normalized spacial score (nSPS) is 10.5. The van der Waals surface area contributed by atoms with Crippen LogP contribution in [0.25, 0.3) is 6.08 Å². The van der Waals surface area contributed by atoms with Gasteiger partial charge in [0.05, 0.1) is 12.8 Å². The molecule has 0 bridgehead atoms. The van der Waals surface area contributed by atoms with Crippen LogP contribution in [0.4, 0.5) is 5.82 Å². The van der Waals surface area contributed by atoms with Crippen molar-refractivity contribution >= 4 is 29.5 Å². The molecule has 0 atom stereocenters. The van der Waals surface area contributed by atoms with Crippen LogP contribution in [0.2, 0.25) is 5.15 Å². The number of carbonyl (C=O) groups excluding carboxylic acids is 1. The van der Waals surface area contributed by atoms with Crippen LogP contribution >= 0.6 is 11.6 Å². The Morgan fingerprint density at radius 1 is 1.73 bits per heavy atom. The van der Waals surface area contributed by atoms with Gasteiger partial charge in [0, 0.05) is 6.08 Å². The van der Waals surface area contributed by atoms with Gasteiger partial charge in [-0.05, 0) is 13.0 Å². The number of ether oxygens (including phenoxy) is 1. The standard InChI is InChI=1S/C9H10ClN3O2/c1-2-15-8(14)4-3-6-9(10)13-7(11)5-12-6/h3-5H,2H2,1H3,(H2,11,13). The molecule has 0 spiro atoms. The van der Waals surface area contributed by atoms with Crippen molar-refractivity contribution in [2.24, 2.45) is 0 Å². The van der Waals surface area contributed by atoms with Crippen molar-refractivity contribution in [2.75, 3.05) is 12.3 Å². The average Bonchev–Trinajstić information content (AvgIpc) is 2.17. The summed E-state index contributed by atoms with van der Waals surface area (Å²) >= 11 is 5.73. The van der Waals surface area contributed by atoms with Gasteiger partial charge in [-0.3, -0.25) is 0 Å². The molecule has 0 aliphatic rings. The molecule has 1 aromatic heterocycles. The number of nitrogen functional groups attached to an aromatic ring is 1. The van der Waals surface area contributed by atoms with Crippen LogP contribution < -0.4 is 5.73 Å². The zero-order valence-electron chi connectivity index (χ0n) is 8.11. The molecule has 0 aromatic carbocycles. The van der Waals surface area contributed by atoms with E-state index >= 15 is 0 Å². The Hall–Kier alpha value is -1.62. The van der Waals surface area contributed by atoms with Gasteiger partial charge in [0.15, 0.2) is 5.15 Å². The summed E-state index contributed by atoms with van der Waals surface area (Å²) in [5.41, 5.74) is 5.73. The van der Waals surface area contributed by atoms with Gasteiger partial charge in [-0.1, -0.05) is 11.6 Å². The molecule has 0 saturated carbocycles. The third-order valence-corrected chi connectivity index (χ3v) is 1.72. The quantitative estimate of drug-likeness (QED) is 0.622. The van der Waals surface area contributed by atoms with Gasteiger partial charge in [-0.25, -0.2) is 14.8 Å². The molecule has 80 valence electrons. The Morgan fingerprint density at radius 2 is 2.47 bits per heavy atom. The van der Waals surface area contributed by atoms with Gasteiger partial charge < -0.3 is 10.5 Å². The number of aromatic nitrogens is 2. The fourth-order valence-corrected chi connectivity index (χ4v) is 1.05. The molecule has 0 aliphatic carbocycles. The largest absolute Gasteiger partial charge is 0.463 e. The lowest BCUT2D eigenvalue weighted by Gasteiger charge is -1.98. The Balaban J connectivity index is 2.76. The first-order valence-corrected chi connectivity index (χ1v) is 4.64. The number of halogens is 1. The summed E-state index contributed by atoms with van der Waals surface area (Å²) in [7, 11) is 0. The van der Waals surface area contributed by atoms with E-state index in [9.17, 15) is 4.79 Å². The Bertz CT molecular complexity index is 393. The number of anilines is 1. The topological polar surface area (TPSA) is 78.1 Å². The maximum absolute atomic E-state index is 11.0. The molecule has 1 aromatic rings. The zero-order chi connectivity index (χ0) is 11.3. The molecule has 0 amide bonds. The number of hydrogen-bond acceptors (Lipinski definition) is 5. The van der Waals surface area contributed by atoms with Gasteiger partial charge in [0.25, 0.3) is 0 Å². The van der Waals surface area contributed by atoms with Gasteiger partial charge in [0.1, 0.15) is 11.5 Å². The highest BCUT2D eigenvalue weighted by atomic mass is 35.5. The number of rotatable bonds is 3. The third-order valence-electron chi connectivity index (χ3n) is 1.44. The van der Waals surface area contributed by atoms with E-state index in [1.165, 1.54) is 18.3 Å². The first-order chi connectivity index (χ1) is 7.13. The monoisotopic (exact) mass is 227 g/mol. The SMILES string of the molecule is CCOC(=O)C=Cc1ncc(N)nc1Cl. The number of nitrogens with two attached hydrogens (primary N) is 1. The van der Waals surface area contributed by atoms with Crippen LogP contribution in [0, 0.1) is 0 Å². The minimum atomic E-state index is -0.452. The Kier molecular flexibility index (Phi) is 4.05. The second-order valence-corrected chi connectivity index (χ2v) is 2.91. The average molecular weight is 228 g/mol. The molecule has 5 nitrogen and oxygen atoms in total. The van der Waals surface area contributed by atoms with E-state index in [2.05, 4.69) is 14.7 Å². The van der Waals surface area contributed by atoms with Crippen LogP contribution in [-0.2, 0) is 9.53 Å². The van der Waals surface area contributed by atoms with Crippen molar-refractivity contribution in [2.45, 2.75) is 6.92 Å². The first-order valence-electron chi connectivity index (χ1n) is 4.26. The molecule has 0 saturated heterocycles. The van der Waals surface area contributed by atoms with Crippen molar-refractivity contribution in [3.63, 3.8) is 0 Å². The molecule has 0 radical (unpaired) electrons. The minimum absolute atomic E-state index is 0.149. The third kappa shape index (κ3) is 3.55. The summed E-state index contributed by atoms with van der Waals surface area (Å²) < 4.78 is 4.69. The molecular formula is C9H10ClN3O2. The highest BCUT2D eigenvalue weighted by molar-refractivity contribution is 6.30. The fraction of sp³-hybridized carbons (Fsp3) is 0.222. The predicted octanol–water partition coefficient (Wildman–Crippen LogP) is 1.29. The smallest absolute Gasteiger partial charge is 0.330 e. The highest BCUT2D eigenvalue weighted by Crippen LogP contribution is 2.12. The van der Waals surface area contributed by atoms with Gasteiger partial charge in [0.2, 0.25) is 0 Å². The van der Waals surface area contributed by atoms with Crippen LogP contribution in [0.1, 0.15) is 12.6 Å². The lowest BCUT2D eigenvalue weighted by molar-refractivity contribution is -0.137. The lowest BCUT2D eigenvalue weighted by atomic mass is 10.4.